The number of carbonyl (C=O) groups excluding carboxylic acids is 1. The third-order valence-electron chi connectivity index (χ3n) is 3.96. The number of nitrogens with one attached hydrogen (secondary N) is 2. The molecule has 1 amide bonds. The monoisotopic (exact) mass is 432 g/mol. The first-order valence-electron chi connectivity index (χ1n) is 8.15. The van der Waals surface area contributed by atoms with E-state index in [1.165, 1.54) is 12.1 Å². The average Bonchev–Trinajstić information content (AvgIpc) is 3.17. The van der Waals surface area contributed by atoms with E-state index in [1.807, 2.05) is 47.8 Å². The lowest BCUT2D eigenvalue weighted by Gasteiger charge is -2.23. The average molecular weight is 433 g/mol. The zero-order chi connectivity index (χ0) is 18.5. The molecule has 3 aromatic rings. The van der Waals surface area contributed by atoms with E-state index in [0.717, 1.165) is 10.4 Å². The molecule has 1 heterocycles. The molecule has 0 aliphatic rings. The molecule has 0 radical (unpaired) electrons. The van der Waals surface area contributed by atoms with Gasteiger partial charge in [-0.15, -0.1) is 11.3 Å². The highest BCUT2D eigenvalue weighted by atomic mass is 79.9. The van der Waals surface area contributed by atoms with Gasteiger partial charge in [0.2, 0.25) is 5.91 Å². The van der Waals surface area contributed by atoms with Gasteiger partial charge in [0.25, 0.3) is 0 Å². The van der Waals surface area contributed by atoms with Gasteiger partial charge in [0.15, 0.2) is 0 Å². The summed E-state index contributed by atoms with van der Waals surface area (Å²) in [7, 11) is 0. The van der Waals surface area contributed by atoms with Crippen LogP contribution < -0.4 is 10.6 Å². The Morgan fingerprint density at radius 3 is 2.54 bits per heavy atom. The fraction of sp³-hybridized carbons (Fsp3) is 0.150. The molecular formula is C20H18BrFN2OS. The van der Waals surface area contributed by atoms with E-state index in [2.05, 4.69) is 26.6 Å². The van der Waals surface area contributed by atoms with Crippen molar-refractivity contribution in [2.24, 2.45) is 0 Å². The van der Waals surface area contributed by atoms with Crippen LogP contribution >= 0.6 is 27.3 Å². The lowest BCUT2D eigenvalue weighted by molar-refractivity contribution is -0.117. The predicted octanol–water partition coefficient (Wildman–Crippen LogP) is 5.36. The lowest BCUT2D eigenvalue weighted by Crippen LogP contribution is -2.40. The number of anilines is 1. The maximum Gasteiger partial charge on any atom is 0.241 e. The van der Waals surface area contributed by atoms with Crippen LogP contribution in [-0.4, -0.2) is 11.9 Å². The molecule has 0 fully saturated rings. The maximum atomic E-state index is 14.0. The Bertz CT molecular complexity index is 871. The summed E-state index contributed by atoms with van der Waals surface area (Å²) in [6, 6.07) is 17.9. The molecule has 1 aromatic heterocycles. The molecule has 134 valence electrons. The second kappa shape index (κ2) is 8.58. The molecule has 0 aliphatic carbocycles. The van der Waals surface area contributed by atoms with Gasteiger partial charge in [-0.2, -0.15) is 0 Å². The number of rotatable bonds is 6. The van der Waals surface area contributed by atoms with E-state index in [0.29, 0.717) is 4.47 Å². The second-order valence-electron chi connectivity index (χ2n) is 5.86. The van der Waals surface area contributed by atoms with E-state index >= 15 is 0 Å². The molecule has 0 spiro atoms. The molecule has 6 heteroatoms. The van der Waals surface area contributed by atoms with Crippen LogP contribution in [0.25, 0.3) is 0 Å². The van der Waals surface area contributed by atoms with Crippen molar-refractivity contribution < 1.29 is 9.18 Å². The summed E-state index contributed by atoms with van der Waals surface area (Å²) in [5.41, 5.74) is 1.24. The first-order valence-corrected chi connectivity index (χ1v) is 9.82. The van der Waals surface area contributed by atoms with Gasteiger partial charge < -0.3 is 5.32 Å². The quantitative estimate of drug-likeness (QED) is 0.550. The van der Waals surface area contributed by atoms with Gasteiger partial charge in [-0.1, -0.05) is 52.3 Å². The second-order valence-corrected chi connectivity index (χ2v) is 7.76. The summed E-state index contributed by atoms with van der Waals surface area (Å²) in [6.07, 6.45) is 0. The summed E-state index contributed by atoms with van der Waals surface area (Å²) in [5, 5.41) is 8.01. The van der Waals surface area contributed by atoms with Gasteiger partial charge in [0.05, 0.1) is 17.8 Å². The standard InChI is InChI=1S/C20H18BrFN2OS/c1-13(20(25)24-17-10-9-15(21)12-16(17)22)23-19(18-8-5-11-26-18)14-6-3-2-4-7-14/h2-13,19,23H,1H3,(H,24,25). The van der Waals surface area contributed by atoms with E-state index < -0.39 is 11.9 Å². The summed E-state index contributed by atoms with van der Waals surface area (Å²) in [5.74, 6) is -0.762. The number of hydrogen-bond acceptors (Lipinski definition) is 3. The molecule has 3 nitrogen and oxygen atoms in total. The third-order valence-corrected chi connectivity index (χ3v) is 5.39. The summed E-state index contributed by atoms with van der Waals surface area (Å²) >= 11 is 4.84. The van der Waals surface area contributed by atoms with Crippen LogP contribution in [0.1, 0.15) is 23.4 Å². The number of amides is 1. The van der Waals surface area contributed by atoms with Crippen LogP contribution in [-0.2, 0) is 4.79 Å². The Morgan fingerprint density at radius 2 is 1.88 bits per heavy atom. The molecular weight excluding hydrogens is 415 g/mol. The molecule has 2 unspecified atom stereocenters. The van der Waals surface area contributed by atoms with Crippen molar-refractivity contribution in [2.45, 2.75) is 19.0 Å². The van der Waals surface area contributed by atoms with E-state index in [9.17, 15) is 9.18 Å². The van der Waals surface area contributed by atoms with Gasteiger partial charge in [-0.05, 0) is 42.1 Å². The topological polar surface area (TPSA) is 41.1 Å². The van der Waals surface area contributed by atoms with E-state index in [4.69, 9.17) is 0 Å². The van der Waals surface area contributed by atoms with Gasteiger partial charge in [0, 0.05) is 9.35 Å². The van der Waals surface area contributed by atoms with E-state index in [-0.39, 0.29) is 17.6 Å². The number of thiophene rings is 1. The normalized spacial score (nSPS) is 13.2. The number of halogens is 2. The van der Waals surface area contributed by atoms with Crippen LogP contribution in [0.2, 0.25) is 0 Å². The first-order chi connectivity index (χ1) is 12.5. The minimum absolute atomic E-state index is 0.105. The van der Waals surface area contributed by atoms with Crippen molar-refractivity contribution in [3.8, 4) is 0 Å². The number of carbonyl (C=O) groups is 1. The van der Waals surface area contributed by atoms with Crippen LogP contribution in [0.5, 0.6) is 0 Å². The smallest absolute Gasteiger partial charge is 0.241 e. The first kappa shape index (κ1) is 18.8. The van der Waals surface area contributed by atoms with Crippen molar-refractivity contribution in [2.75, 3.05) is 5.32 Å². The summed E-state index contributed by atoms with van der Waals surface area (Å²) in [4.78, 5) is 13.7. The molecule has 3 rings (SSSR count). The SMILES string of the molecule is CC(NC(c1ccccc1)c1cccs1)C(=O)Nc1ccc(Br)cc1F. The lowest BCUT2D eigenvalue weighted by atomic mass is 10.0. The summed E-state index contributed by atoms with van der Waals surface area (Å²) < 4.78 is 14.6. The molecule has 2 aromatic carbocycles. The van der Waals surface area contributed by atoms with Gasteiger partial charge >= 0.3 is 0 Å². The fourth-order valence-corrected chi connectivity index (χ4v) is 3.75. The highest BCUT2D eigenvalue weighted by Crippen LogP contribution is 2.26. The summed E-state index contributed by atoms with van der Waals surface area (Å²) in [6.45, 7) is 1.77. The molecule has 2 atom stereocenters. The Morgan fingerprint density at radius 1 is 1.12 bits per heavy atom. The van der Waals surface area contributed by atoms with Crippen molar-refractivity contribution >= 4 is 38.9 Å². The van der Waals surface area contributed by atoms with Gasteiger partial charge in [-0.25, -0.2) is 4.39 Å². The molecule has 26 heavy (non-hydrogen) atoms. The minimum atomic E-state index is -0.509. The van der Waals surface area contributed by atoms with Crippen molar-refractivity contribution in [3.05, 3.63) is 86.8 Å². The predicted molar refractivity (Wildman–Crippen MR) is 108 cm³/mol. The van der Waals surface area contributed by atoms with Crippen LogP contribution in [0.15, 0.2) is 70.5 Å². The third kappa shape index (κ3) is 4.58. The van der Waals surface area contributed by atoms with Gasteiger partial charge in [-0.3, -0.25) is 10.1 Å². The zero-order valence-electron chi connectivity index (χ0n) is 14.1. The van der Waals surface area contributed by atoms with Crippen LogP contribution in [0.4, 0.5) is 10.1 Å². The zero-order valence-corrected chi connectivity index (χ0v) is 16.5. The maximum absolute atomic E-state index is 14.0. The van der Waals surface area contributed by atoms with Crippen molar-refractivity contribution in [1.82, 2.24) is 5.32 Å². The van der Waals surface area contributed by atoms with Crippen LogP contribution in [0.3, 0.4) is 0 Å². The number of benzene rings is 2. The number of hydrogen-bond donors (Lipinski definition) is 2. The Hall–Kier alpha value is -2.02. The van der Waals surface area contributed by atoms with Crippen LogP contribution in [0, 0.1) is 5.82 Å². The van der Waals surface area contributed by atoms with E-state index in [1.54, 1.807) is 24.3 Å². The Labute approximate surface area is 164 Å². The molecule has 0 aliphatic heterocycles. The highest BCUT2D eigenvalue weighted by Gasteiger charge is 2.22. The van der Waals surface area contributed by atoms with Gasteiger partial charge in [0.1, 0.15) is 5.82 Å². The largest absolute Gasteiger partial charge is 0.322 e. The minimum Gasteiger partial charge on any atom is -0.322 e. The fourth-order valence-electron chi connectivity index (χ4n) is 2.60. The molecule has 0 saturated heterocycles. The molecule has 0 saturated carbocycles. The Kier molecular flexibility index (Phi) is 6.19. The van der Waals surface area contributed by atoms with Crippen molar-refractivity contribution in [1.29, 1.82) is 0 Å². The Balaban J connectivity index is 1.75. The highest BCUT2D eigenvalue weighted by molar-refractivity contribution is 9.10. The van der Waals surface area contributed by atoms with Crippen molar-refractivity contribution in [3.63, 3.8) is 0 Å². The molecule has 0 bridgehead atoms. The molecule has 2 N–H and O–H groups in total.